The highest BCUT2D eigenvalue weighted by molar-refractivity contribution is 6.37. The molecule has 0 bridgehead atoms. The topological polar surface area (TPSA) is 54.8 Å². The van der Waals surface area contributed by atoms with Crippen LogP contribution in [0.3, 0.4) is 0 Å². The predicted molar refractivity (Wildman–Crippen MR) is 100 cm³/mol. The van der Waals surface area contributed by atoms with Crippen molar-refractivity contribution in [3.05, 3.63) is 63.9 Å². The van der Waals surface area contributed by atoms with Crippen LogP contribution in [-0.2, 0) is 16.2 Å². The maximum absolute atomic E-state index is 13.0. The molecule has 0 spiro atoms. The molecule has 0 saturated heterocycles. The summed E-state index contributed by atoms with van der Waals surface area (Å²) in [7, 11) is 0. The van der Waals surface area contributed by atoms with E-state index in [0.29, 0.717) is 28.7 Å². The molecule has 1 aromatic heterocycles. The monoisotopic (exact) mass is 389 g/mol. The third kappa shape index (κ3) is 3.69. The van der Waals surface area contributed by atoms with Gasteiger partial charge in [0.1, 0.15) is 0 Å². The molecule has 134 valence electrons. The molecule has 4 rings (SSSR count). The number of carbonyl (C=O) groups is 1. The molecule has 1 aromatic carbocycles. The van der Waals surface area contributed by atoms with Crippen molar-refractivity contribution >= 4 is 34.8 Å². The first kappa shape index (κ1) is 17.3. The number of carbonyl (C=O) groups excluding carboxylic acids is 1. The lowest BCUT2D eigenvalue weighted by Gasteiger charge is -2.24. The third-order valence-corrected chi connectivity index (χ3v) is 5.06. The number of benzene rings is 1. The zero-order valence-corrected chi connectivity index (χ0v) is 15.5. The Morgan fingerprint density at radius 1 is 1.23 bits per heavy atom. The Morgan fingerprint density at radius 2 is 2.08 bits per heavy atom. The minimum Gasteiger partial charge on any atom is -0.382 e. The molecular formula is C19H17Cl2N3O2. The summed E-state index contributed by atoms with van der Waals surface area (Å²) in [5.41, 5.74) is 2.28. The first-order valence-electron chi connectivity index (χ1n) is 8.50. The highest BCUT2D eigenvalue weighted by Gasteiger charge is 2.39. The van der Waals surface area contributed by atoms with Crippen LogP contribution in [0.1, 0.15) is 30.5 Å². The van der Waals surface area contributed by atoms with Gasteiger partial charge in [-0.2, -0.15) is 0 Å². The minimum absolute atomic E-state index is 0.0537. The van der Waals surface area contributed by atoms with Gasteiger partial charge in [0, 0.05) is 29.2 Å². The lowest BCUT2D eigenvalue weighted by atomic mass is 10.0. The summed E-state index contributed by atoms with van der Waals surface area (Å²) in [5.74, 6) is -0.0537. The lowest BCUT2D eigenvalue weighted by molar-refractivity contribution is -0.143. The zero-order valence-electron chi connectivity index (χ0n) is 13.9. The van der Waals surface area contributed by atoms with Crippen LogP contribution in [0.15, 0.2) is 47.8 Å². The Hall–Kier alpha value is -2.11. The van der Waals surface area contributed by atoms with Gasteiger partial charge in [0.25, 0.3) is 5.91 Å². The van der Waals surface area contributed by atoms with Gasteiger partial charge in [0.15, 0.2) is 0 Å². The lowest BCUT2D eigenvalue weighted by Crippen LogP contribution is -2.40. The molecule has 5 nitrogen and oxygen atoms in total. The number of amides is 1. The maximum atomic E-state index is 13.0. The van der Waals surface area contributed by atoms with E-state index in [4.69, 9.17) is 28.0 Å². The fourth-order valence-electron chi connectivity index (χ4n) is 3.02. The summed E-state index contributed by atoms with van der Waals surface area (Å²) < 4.78 is 0. The largest absolute Gasteiger partial charge is 0.382 e. The molecule has 26 heavy (non-hydrogen) atoms. The summed E-state index contributed by atoms with van der Waals surface area (Å²) >= 11 is 12.2. The average molecular weight is 390 g/mol. The normalized spacial score (nSPS) is 19.0. The van der Waals surface area contributed by atoms with Crippen molar-refractivity contribution in [3.63, 3.8) is 0 Å². The van der Waals surface area contributed by atoms with Gasteiger partial charge < -0.3 is 9.74 Å². The Balaban J connectivity index is 1.46. The number of halogens is 2. The summed E-state index contributed by atoms with van der Waals surface area (Å²) in [6, 6.07) is 11.2. The van der Waals surface area contributed by atoms with Crippen LogP contribution in [0, 0.1) is 0 Å². The number of hydrogen-bond donors (Lipinski definition) is 0. The van der Waals surface area contributed by atoms with Crippen molar-refractivity contribution in [3.8, 4) is 0 Å². The smallest absolute Gasteiger partial charge is 0.267 e. The number of aromatic nitrogens is 1. The molecule has 1 fully saturated rings. The van der Waals surface area contributed by atoms with Gasteiger partial charge in [0.2, 0.25) is 6.10 Å². The van der Waals surface area contributed by atoms with E-state index in [2.05, 4.69) is 10.1 Å². The van der Waals surface area contributed by atoms with Crippen LogP contribution >= 0.6 is 23.2 Å². The fraction of sp³-hybridized carbons (Fsp3) is 0.316. The van der Waals surface area contributed by atoms with Gasteiger partial charge in [-0.1, -0.05) is 40.5 Å². The van der Waals surface area contributed by atoms with E-state index in [1.54, 1.807) is 24.4 Å². The van der Waals surface area contributed by atoms with Crippen molar-refractivity contribution < 1.29 is 9.63 Å². The van der Waals surface area contributed by atoms with E-state index < -0.39 is 6.10 Å². The molecule has 1 unspecified atom stereocenters. The third-order valence-electron chi connectivity index (χ3n) is 4.52. The van der Waals surface area contributed by atoms with Crippen LogP contribution in [0.4, 0.5) is 0 Å². The second-order valence-electron chi connectivity index (χ2n) is 6.48. The molecule has 2 aliphatic rings. The first-order valence-corrected chi connectivity index (χ1v) is 9.26. The minimum atomic E-state index is -0.624. The number of oxime groups is 1. The van der Waals surface area contributed by atoms with Crippen LogP contribution < -0.4 is 0 Å². The molecule has 1 aliphatic carbocycles. The van der Waals surface area contributed by atoms with Crippen molar-refractivity contribution in [1.29, 1.82) is 0 Å². The molecule has 1 atom stereocenters. The molecule has 2 heterocycles. The van der Waals surface area contributed by atoms with Gasteiger partial charge in [0.05, 0.1) is 23.0 Å². The molecule has 1 amide bonds. The van der Waals surface area contributed by atoms with Gasteiger partial charge in [-0.25, -0.2) is 0 Å². The van der Waals surface area contributed by atoms with Crippen molar-refractivity contribution in [1.82, 2.24) is 9.88 Å². The number of pyridine rings is 1. The van der Waals surface area contributed by atoms with E-state index in [1.165, 1.54) is 0 Å². The van der Waals surface area contributed by atoms with Crippen LogP contribution in [0.2, 0.25) is 10.0 Å². The van der Waals surface area contributed by atoms with E-state index >= 15 is 0 Å². The number of rotatable bonds is 5. The second kappa shape index (κ2) is 7.25. The van der Waals surface area contributed by atoms with Crippen LogP contribution in [0.5, 0.6) is 0 Å². The molecule has 0 N–H and O–H groups in total. The maximum Gasteiger partial charge on any atom is 0.267 e. The summed E-state index contributed by atoms with van der Waals surface area (Å²) in [6.07, 6.45) is 3.54. The highest BCUT2D eigenvalue weighted by atomic mass is 35.5. The van der Waals surface area contributed by atoms with Crippen molar-refractivity contribution in [2.45, 2.75) is 38.0 Å². The van der Waals surface area contributed by atoms with E-state index in [0.717, 1.165) is 24.1 Å². The zero-order chi connectivity index (χ0) is 18.1. The first-order chi connectivity index (χ1) is 12.6. The summed E-state index contributed by atoms with van der Waals surface area (Å²) in [6.45, 7) is 0.487. The van der Waals surface area contributed by atoms with Gasteiger partial charge in [-0.15, -0.1) is 0 Å². The Labute approximate surface area is 161 Å². The number of nitrogens with zero attached hydrogens (tertiary/aromatic N) is 3. The summed E-state index contributed by atoms with van der Waals surface area (Å²) in [4.78, 5) is 24.6. The van der Waals surface area contributed by atoms with Crippen LogP contribution in [0.25, 0.3) is 0 Å². The molecule has 0 radical (unpaired) electrons. The Kier molecular flexibility index (Phi) is 4.83. The molecule has 7 heteroatoms. The predicted octanol–water partition coefficient (Wildman–Crippen LogP) is 4.07. The Morgan fingerprint density at radius 3 is 2.77 bits per heavy atom. The second-order valence-corrected chi connectivity index (χ2v) is 7.32. The molecular weight excluding hydrogens is 373 g/mol. The van der Waals surface area contributed by atoms with Crippen LogP contribution in [-0.4, -0.2) is 33.6 Å². The quantitative estimate of drug-likeness (QED) is 0.773. The van der Waals surface area contributed by atoms with Gasteiger partial charge >= 0.3 is 0 Å². The number of hydrogen-bond acceptors (Lipinski definition) is 4. The highest BCUT2D eigenvalue weighted by Crippen LogP contribution is 2.31. The molecule has 1 aliphatic heterocycles. The van der Waals surface area contributed by atoms with Crippen molar-refractivity contribution in [2.75, 3.05) is 0 Å². The standard InChI is InChI=1S/C19H17Cl2N3O2/c20-12-4-7-15(16(21)9-12)17-10-18(26-23-17)19(25)24(14-5-6-14)11-13-3-1-2-8-22-13/h1-4,7-9,14,18H,5-6,10-11H2. The average Bonchev–Trinajstić information content (AvgIpc) is 3.37. The fourth-order valence-corrected chi connectivity index (χ4v) is 3.53. The SMILES string of the molecule is O=C(C1CC(c2ccc(Cl)cc2Cl)=NO1)N(Cc1ccccn1)C1CC1. The van der Waals surface area contributed by atoms with E-state index in [1.807, 2.05) is 23.1 Å². The Bertz CT molecular complexity index is 853. The van der Waals surface area contributed by atoms with Gasteiger partial charge in [-0.3, -0.25) is 9.78 Å². The van der Waals surface area contributed by atoms with E-state index in [9.17, 15) is 4.79 Å². The summed E-state index contributed by atoms with van der Waals surface area (Å²) in [5, 5.41) is 5.15. The van der Waals surface area contributed by atoms with Gasteiger partial charge in [-0.05, 0) is 37.1 Å². The molecule has 1 saturated carbocycles. The molecule has 2 aromatic rings. The van der Waals surface area contributed by atoms with Crippen molar-refractivity contribution in [2.24, 2.45) is 5.16 Å². The van der Waals surface area contributed by atoms with E-state index in [-0.39, 0.29) is 11.9 Å².